The third-order valence-electron chi connectivity index (χ3n) is 2.89. The topological polar surface area (TPSA) is 3.88 Å². The van der Waals surface area contributed by atoms with Crippen LogP contribution >= 0.6 is 0 Å². The van der Waals surface area contributed by atoms with E-state index in [1.807, 2.05) is 0 Å². The third kappa shape index (κ3) is 0.925. The van der Waals surface area contributed by atoms with Crippen LogP contribution in [0.1, 0.15) is 11.1 Å². The maximum absolute atomic E-state index is 2.32. The number of rotatable bonds is 0. The van der Waals surface area contributed by atoms with Gasteiger partial charge in [0.1, 0.15) is 0 Å². The van der Waals surface area contributed by atoms with E-state index in [4.69, 9.17) is 0 Å². The van der Waals surface area contributed by atoms with Gasteiger partial charge in [0, 0.05) is 17.2 Å². The number of hydrogen-bond acceptors (Lipinski definition) is 0. The Bertz CT molecular complexity index is 500. The van der Waals surface area contributed by atoms with E-state index >= 15 is 0 Å². The summed E-state index contributed by atoms with van der Waals surface area (Å²) in [4.78, 5) is 0. The highest BCUT2D eigenvalue weighted by atomic mass is 15.0. The number of benzene rings is 1. The molecule has 1 aromatic heterocycles. The zero-order valence-corrected chi connectivity index (χ0v) is 8.20. The Labute approximate surface area is 83.6 Å². The molecule has 0 fully saturated rings. The van der Waals surface area contributed by atoms with E-state index in [9.17, 15) is 0 Å². The highest BCUT2D eigenvalue weighted by Crippen LogP contribution is 2.27. The molecule has 1 aliphatic rings. The van der Waals surface area contributed by atoms with E-state index in [2.05, 4.69) is 54.1 Å². The van der Waals surface area contributed by atoms with Crippen molar-refractivity contribution in [2.24, 2.45) is 0 Å². The summed E-state index contributed by atoms with van der Waals surface area (Å²) in [7, 11) is 0. The van der Waals surface area contributed by atoms with Gasteiger partial charge in [0.2, 0.25) is 5.69 Å². The molecule has 2 heterocycles. The zero-order chi connectivity index (χ0) is 9.54. The lowest BCUT2D eigenvalue weighted by Gasteiger charge is -1.96. The Hall–Kier alpha value is -1.63. The van der Waals surface area contributed by atoms with Gasteiger partial charge in [-0.2, -0.15) is 4.57 Å². The van der Waals surface area contributed by atoms with Gasteiger partial charge in [-0.05, 0) is 19.1 Å². The molecule has 0 radical (unpaired) electrons. The van der Waals surface area contributed by atoms with Crippen LogP contribution in [0.2, 0.25) is 0 Å². The minimum absolute atomic E-state index is 1.02. The average Bonchev–Trinajstić information content (AvgIpc) is 2.57. The maximum atomic E-state index is 2.32. The van der Waals surface area contributed by atoms with Crippen LogP contribution in [0, 0.1) is 6.92 Å². The normalized spacial score (nSPS) is 12.4. The fourth-order valence-electron chi connectivity index (χ4n) is 2.24. The van der Waals surface area contributed by atoms with Gasteiger partial charge >= 0.3 is 0 Å². The molecule has 0 bridgehead atoms. The number of nitrogens with zero attached hydrogens (tertiary/aromatic N) is 1. The molecule has 0 atom stereocenters. The molecule has 1 aromatic carbocycles. The van der Waals surface area contributed by atoms with Crippen molar-refractivity contribution in [3.63, 3.8) is 0 Å². The maximum Gasteiger partial charge on any atom is 0.216 e. The summed E-state index contributed by atoms with van der Waals surface area (Å²) < 4.78 is 2.32. The second kappa shape index (κ2) is 2.68. The molecule has 1 aliphatic heterocycles. The average molecular weight is 182 g/mol. The SMILES string of the molecule is Cc1ccc[n+]2c1-c1ccccc1C2. The van der Waals surface area contributed by atoms with Crippen LogP contribution in [-0.4, -0.2) is 0 Å². The predicted octanol–water partition coefficient (Wildman–Crippen LogP) is 2.31. The van der Waals surface area contributed by atoms with E-state index < -0.39 is 0 Å². The molecule has 14 heavy (non-hydrogen) atoms. The van der Waals surface area contributed by atoms with Crippen LogP contribution in [-0.2, 0) is 6.54 Å². The third-order valence-corrected chi connectivity index (χ3v) is 2.89. The van der Waals surface area contributed by atoms with E-state index in [0.29, 0.717) is 0 Å². The summed E-state index contributed by atoms with van der Waals surface area (Å²) in [5, 5.41) is 0. The van der Waals surface area contributed by atoms with E-state index in [-0.39, 0.29) is 0 Å². The molecular weight excluding hydrogens is 170 g/mol. The van der Waals surface area contributed by atoms with Crippen molar-refractivity contribution in [3.05, 3.63) is 53.7 Å². The van der Waals surface area contributed by atoms with Gasteiger partial charge in [0.25, 0.3) is 0 Å². The molecule has 1 nitrogen and oxygen atoms in total. The summed E-state index contributed by atoms with van der Waals surface area (Å²) in [5.41, 5.74) is 5.56. The first-order valence-electron chi connectivity index (χ1n) is 4.93. The van der Waals surface area contributed by atoms with Gasteiger partial charge in [-0.25, -0.2) is 0 Å². The van der Waals surface area contributed by atoms with Gasteiger partial charge in [-0.3, -0.25) is 0 Å². The van der Waals surface area contributed by atoms with E-state index in [0.717, 1.165) is 6.54 Å². The van der Waals surface area contributed by atoms with Crippen LogP contribution in [0.25, 0.3) is 11.3 Å². The van der Waals surface area contributed by atoms with E-state index in [1.54, 1.807) is 0 Å². The van der Waals surface area contributed by atoms with Crippen LogP contribution in [0.15, 0.2) is 42.6 Å². The lowest BCUT2D eigenvalue weighted by atomic mass is 10.1. The second-order valence-electron chi connectivity index (χ2n) is 3.82. The predicted molar refractivity (Wildman–Crippen MR) is 55.9 cm³/mol. The Balaban J connectivity index is 2.35. The summed E-state index contributed by atoms with van der Waals surface area (Å²) in [6, 6.07) is 12.9. The largest absolute Gasteiger partial charge is 0.216 e. The number of aryl methyl sites for hydroxylation is 1. The molecule has 68 valence electrons. The second-order valence-corrected chi connectivity index (χ2v) is 3.82. The molecular formula is C13H12N+. The Morgan fingerprint density at radius 2 is 1.93 bits per heavy atom. The van der Waals surface area contributed by atoms with Crippen LogP contribution in [0.4, 0.5) is 0 Å². The van der Waals surface area contributed by atoms with Crippen LogP contribution in [0.5, 0.6) is 0 Å². The van der Waals surface area contributed by atoms with Gasteiger partial charge < -0.3 is 0 Å². The highest BCUT2D eigenvalue weighted by Gasteiger charge is 2.26. The summed E-state index contributed by atoms with van der Waals surface area (Å²) in [6.45, 7) is 3.20. The Kier molecular flexibility index (Phi) is 1.48. The fourth-order valence-corrected chi connectivity index (χ4v) is 2.24. The number of fused-ring (bicyclic) bond motifs is 3. The van der Waals surface area contributed by atoms with Crippen molar-refractivity contribution in [2.75, 3.05) is 0 Å². The standard InChI is InChI=1S/C13H12N/c1-10-5-4-8-14-9-11-6-2-3-7-12(11)13(10)14/h2-8H,9H2,1H3/q+1. The molecule has 0 N–H and O–H groups in total. The van der Waals surface area contributed by atoms with Crippen molar-refractivity contribution in [1.29, 1.82) is 0 Å². The van der Waals surface area contributed by atoms with Crippen molar-refractivity contribution in [2.45, 2.75) is 13.5 Å². The molecule has 0 unspecified atom stereocenters. The highest BCUT2D eigenvalue weighted by molar-refractivity contribution is 5.65. The van der Waals surface area contributed by atoms with E-state index in [1.165, 1.54) is 22.4 Å². The Morgan fingerprint density at radius 3 is 2.86 bits per heavy atom. The molecule has 1 heteroatoms. The van der Waals surface area contributed by atoms with Gasteiger partial charge in [-0.15, -0.1) is 0 Å². The first kappa shape index (κ1) is 7.74. The van der Waals surface area contributed by atoms with Crippen molar-refractivity contribution in [1.82, 2.24) is 0 Å². The first-order valence-corrected chi connectivity index (χ1v) is 4.93. The monoisotopic (exact) mass is 182 g/mol. The smallest absolute Gasteiger partial charge is 0.194 e. The quantitative estimate of drug-likeness (QED) is 0.470. The van der Waals surface area contributed by atoms with Gasteiger partial charge in [-0.1, -0.05) is 18.2 Å². The number of hydrogen-bond donors (Lipinski definition) is 0. The molecule has 0 saturated heterocycles. The van der Waals surface area contributed by atoms with Crippen LogP contribution < -0.4 is 4.57 Å². The van der Waals surface area contributed by atoms with Crippen molar-refractivity contribution >= 4 is 0 Å². The minimum Gasteiger partial charge on any atom is -0.194 e. The fraction of sp³-hybridized carbons (Fsp3) is 0.154. The molecule has 3 rings (SSSR count). The van der Waals surface area contributed by atoms with Crippen molar-refractivity contribution < 1.29 is 4.57 Å². The number of pyridine rings is 1. The number of aromatic nitrogens is 1. The molecule has 0 saturated carbocycles. The first-order chi connectivity index (χ1) is 6.86. The van der Waals surface area contributed by atoms with Crippen molar-refractivity contribution in [3.8, 4) is 11.3 Å². The molecule has 0 amide bonds. The molecule has 0 aliphatic carbocycles. The Morgan fingerprint density at radius 1 is 1.07 bits per heavy atom. The summed E-state index contributed by atoms with van der Waals surface area (Å²) in [5.74, 6) is 0. The lowest BCUT2D eigenvalue weighted by molar-refractivity contribution is -0.672. The lowest BCUT2D eigenvalue weighted by Crippen LogP contribution is -2.32. The zero-order valence-electron chi connectivity index (χ0n) is 8.20. The summed E-state index contributed by atoms with van der Waals surface area (Å²) in [6.07, 6.45) is 2.16. The van der Waals surface area contributed by atoms with Gasteiger partial charge in [0.05, 0.1) is 5.56 Å². The molecule has 2 aromatic rings. The van der Waals surface area contributed by atoms with Crippen LogP contribution in [0.3, 0.4) is 0 Å². The summed E-state index contributed by atoms with van der Waals surface area (Å²) >= 11 is 0. The molecule has 0 spiro atoms. The minimum atomic E-state index is 1.02. The van der Waals surface area contributed by atoms with Gasteiger partial charge in [0.15, 0.2) is 12.7 Å².